The fourth-order valence-corrected chi connectivity index (χ4v) is 5.01. The van der Waals surface area contributed by atoms with Crippen molar-refractivity contribution >= 4 is 29.3 Å². The number of hydrogen-bond acceptors (Lipinski definition) is 6. The van der Waals surface area contributed by atoms with Crippen molar-refractivity contribution in [3.8, 4) is 17.2 Å². The molecule has 2 heterocycles. The van der Waals surface area contributed by atoms with Gasteiger partial charge >= 0.3 is 0 Å². The van der Waals surface area contributed by atoms with E-state index in [1.807, 2.05) is 36.4 Å². The van der Waals surface area contributed by atoms with Crippen molar-refractivity contribution < 1.29 is 28.7 Å². The van der Waals surface area contributed by atoms with E-state index in [1.165, 1.54) is 22.7 Å². The van der Waals surface area contributed by atoms with Gasteiger partial charge in [-0.25, -0.2) is 0 Å². The van der Waals surface area contributed by atoms with Crippen LogP contribution >= 0.6 is 11.8 Å². The maximum absolute atomic E-state index is 12.8. The van der Waals surface area contributed by atoms with Gasteiger partial charge in [0.25, 0.3) is 5.91 Å². The van der Waals surface area contributed by atoms with Gasteiger partial charge in [0, 0.05) is 11.0 Å². The van der Waals surface area contributed by atoms with Gasteiger partial charge < -0.3 is 29.3 Å². The fraction of sp³-hybridized carbons (Fsp3) is 0.333. The molecule has 2 amide bonds. The molecule has 0 aliphatic carbocycles. The molecule has 2 aromatic rings. The van der Waals surface area contributed by atoms with Crippen molar-refractivity contribution in [1.29, 1.82) is 0 Å². The summed E-state index contributed by atoms with van der Waals surface area (Å²) in [4.78, 5) is 29.7. The van der Waals surface area contributed by atoms with E-state index in [0.717, 1.165) is 35.8 Å². The van der Waals surface area contributed by atoms with Gasteiger partial charge in [-0.05, 0) is 24.3 Å². The van der Waals surface area contributed by atoms with Crippen LogP contribution in [0.2, 0.25) is 0 Å². The molecule has 0 spiro atoms. The Hall–Kier alpha value is -3.17. The maximum Gasteiger partial charge on any atom is 0.262 e. The lowest BCUT2D eigenvalue weighted by Crippen LogP contribution is -3.13. The first-order valence-corrected chi connectivity index (χ1v) is 11.6. The molecule has 9 heteroatoms. The highest BCUT2D eigenvalue weighted by molar-refractivity contribution is 8.04. The summed E-state index contributed by atoms with van der Waals surface area (Å²) in [5.41, 5.74) is 1.81. The van der Waals surface area contributed by atoms with Gasteiger partial charge in [0.2, 0.25) is 11.7 Å². The second kappa shape index (κ2) is 10.2. The molecule has 2 aliphatic rings. The fourth-order valence-electron chi connectivity index (χ4n) is 4.10. The number of rotatable bonds is 6. The molecule has 174 valence electrons. The number of piperazine rings is 1. The number of carbonyl (C=O) groups is 2. The molecule has 2 N–H and O–H groups in total. The lowest BCUT2D eigenvalue weighted by molar-refractivity contribution is -0.917. The number of quaternary nitrogens is 1. The number of ether oxygens (including phenoxy) is 3. The molecule has 0 aromatic heterocycles. The minimum absolute atomic E-state index is 0.130. The molecule has 8 nitrogen and oxygen atoms in total. The van der Waals surface area contributed by atoms with E-state index in [0.29, 0.717) is 35.2 Å². The number of anilines is 1. The first-order chi connectivity index (χ1) is 16.0. The maximum atomic E-state index is 12.8. The predicted molar refractivity (Wildman–Crippen MR) is 126 cm³/mol. The van der Waals surface area contributed by atoms with E-state index in [-0.39, 0.29) is 11.8 Å². The van der Waals surface area contributed by atoms with Crippen LogP contribution in [-0.2, 0) is 16.1 Å². The topological polar surface area (TPSA) is 81.5 Å². The minimum atomic E-state index is -0.239. The molecule has 0 atom stereocenters. The Morgan fingerprint density at radius 2 is 1.79 bits per heavy atom. The Morgan fingerprint density at radius 1 is 1.06 bits per heavy atom. The number of thioether (sulfide) groups is 1. The summed E-state index contributed by atoms with van der Waals surface area (Å²) in [6, 6.07) is 11.5. The van der Waals surface area contributed by atoms with Crippen molar-refractivity contribution in [2.45, 2.75) is 11.4 Å². The summed E-state index contributed by atoms with van der Waals surface area (Å²) in [5.74, 6) is 1.52. The number of hydrogen-bond donors (Lipinski definition) is 2. The predicted octanol–water partition coefficient (Wildman–Crippen LogP) is 1.57. The van der Waals surface area contributed by atoms with Gasteiger partial charge in [0.05, 0.1) is 63.7 Å². The molecule has 4 rings (SSSR count). The summed E-state index contributed by atoms with van der Waals surface area (Å²) in [5, 5.41) is 2.85. The molecule has 0 unspecified atom stereocenters. The highest BCUT2D eigenvalue weighted by atomic mass is 32.2. The zero-order valence-corrected chi connectivity index (χ0v) is 19.8. The number of methoxy groups -OCH3 is 3. The molecule has 0 radical (unpaired) electrons. The van der Waals surface area contributed by atoms with E-state index < -0.39 is 0 Å². The molecular formula is C24H28N3O5S+. The lowest BCUT2D eigenvalue weighted by atomic mass is 10.1. The molecule has 0 saturated carbocycles. The van der Waals surface area contributed by atoms with Crippen LogP contribution in [0.1, 0.15) is 5.56 Å². The molecule has 33 heavy (non-hydrogen) atoms. The van der Waals surface area contributed by atoms with Crippen LogP contribution in [-0.4, -0.2) is 64.2 Å². The van der Waals surface area contributed by atoms with E-state index in [9.17, 15) is 9.59 Å². The third-order valence-electron chi connectivity index (χ3n) is 5.84. The van der Waals surface area contributed by atoms with Crippen LogP contribution in [0, 0.1) is 0 Å². The Kier molecular flexibility index (Phi) is 7.10. The molecular weight excluding hydrogens is 442 g/mol. The van der Waals surface area contributed by atoms with Gasteiger partial charge in [-0.3, -0.25) is 9.59 Å². The summed E-state index contributed by atoms with van der Waals surface area (Å²) < 4.78 is 16.4. The number of nitrogens with one attached hydrogen (secondary N) is 2. The molecule has 2 aliphatic heterocycles. The third-order valence-corrected chi connectivity index (χ3v) is 6.94. The van der Waals surface area contributed by atoms with Crippen LogP contribution in [0.25, 0.3) is 0 Å². The monoisotopic (exact) mass is 470 g/mol. The van der Waals surface area contributed by atoms with Crippen molar-refractivity contribution in [3.63, 3.8) is 0 Å². The van der Waals surface area contributed by atoms with Gasteiger partial charge in [-0.1, -0.05) is 23.9 Å². The van der Waals surface area contributed by atoms with Gasteiger partial charge in [0.1, 0.15) is 6.54 Å². The van der Waals surface area contributed by atoms with E-state index in [2.05, 4.69) is 5.32 Å². The summed E-state index contributed by atoms with van der Waals surface area (Å²) in [7, 11) is 4.82. The largest absolute Gasteiger partial charge is 0.493 e. The zero-order chi connectivity index (χ0) is 23.4. The zero-order valence-electron chi connectivity index (χ0n) is 19.0. The number of amides is 2. The average molecular weight is 471 g/mol. The SMILES string of the molecule is COc1ccc(C[NH+]2CCN(C(=O)C=C3Sc4ccccc4NC3=O)CC2)c(OC)c1OC. The van der Waals surface area contributed by atoms with Crippen LogP contribution in [0.5, 0.6) is 17.2 Å². The summed E-state index contributed by atoms with van der Waals surface area (Å²) in [6.45, 7) is 3.59. The van der Waals surface area contributed by atoms with Gasteiger partial charge in [-0.2, -0.15) is 0 Å². The van der Waals surface area contributed by atoms with Crippen LogP contribution < -0.4 is 24.4 Å². The van der Waals surface area contributed by atoms with E-state index in [1.54, 1.807) is 26.2 Å². The second-order valence-electron chi connectivity index (χ2n) is 7.81. The molecule has 2 aromatic carbocycles. The summed E-state index contributed by atoms with van der Waals surface area (Å²) >= 11 is 1.33. The smallest absolute Gasteiger partial charge is 0.262 e. The van der Waals surface area contributed by atoms with Crippen molar-refractivity contribution in [1.82, 2.24) is 4.90 Å². The number of para-hydroxylation sites is 1. The van der Waals surface area contributed by atoms with E-state index >= 15 is 0 Å². The van der Waals surface area contributed by atoms with Crippen molar-refractivity contribution in [3.05, 3.63) is 52.9 Å². The standard InChI is InChI=1S/C24H27N3O5S/c1-30-18-9-8-16(22(31-2)23(18)32-3)15-26-10-12-27(13-11-26)21(28)14-20-24(29)25-17-6-4-5-7-19(17)33-20/h4-9,14H,10-13,15H2,1-3H3,(H,25,29)/p+1. The Balaban J connectivity index is 1.38. The number of benzene rings is 2. The van der Waals surface area contributed by atoms with Gasteiger partial charge in [0.15, 0.2) is 11.5 Å². The Morgan fingerprint density at radius 3 is 2.48 bits per heavy atom. The quantitative estimate of drug-likeness (QED) is 0.624. The number of carbonyl (C=O) groups excluding carboxylic acids is 2. The first kappa shape index (κ1) is 23.0. The second-order valence-corrected chi connectivity index (χ2v) is 8.89. The van der Waals surface area contributed by atoms with Crippen molar-refractivity contribution in [2.75, 3.05) is 52.8 Å². The van der Waals surface area contributed by atoms with E-state index in [4.69, 9.17) is 14.2 Å². The van der Waals surface area contributed by atoms with Crippen LogP contribution in [0.3, 0.4) is 0 Å². The van der Waals surface area contributed by atoms with Gasteiger partial charge in [-0.15, -0.1) is 0 Å². The Labute approximate surface area is 197 Å². The van der Waals surface area contributed by atoms with Crippen molar-refractivity contribution in [2.24, 2.45) is 0 Å². The lowest BCUT2D eigenvalue weighted by Gasteiger charge is -2.32. The highest BCUT2D eigenvalue weighted by Gasteiger charge is 2.27. The first-order valence-electron chi connectivity index (χ1n) is 10.7. The number of fused-ring (bicyclic) bond motifs is 1. The van der Waals surface area contributed by atoms with Crippen LogP contribution in [0.15, 0.2) is 52.3 Å². The normalized spacial score (nSPS) is 17.4. The Bertz CT molecular complexity index is 1080. The highest BCUT2D eigenvalue weighted by Crippen LogP contribution is 2.39. The summed E-state index contributed by atoms with van der Waals surface area (Å²) in [6.07, 6.45) is 1.46. The minimum Gasteiger partial charge on any atom is -0.493 e. The van der Waals surface area contributed by atoms with Crippen LogP contribution in [0.4, 0.5) is 5.69 Å². The number of nitrogens with zero attached hydrogens (tertiary/aromatic N) is 1. The molecule has 1 saturated heterocycles. The molecule has 1 fully saturated rings. The molecule has 0 bridgehead atoms. The third kappa shape index (κ3) is 4.94. The average Bonchev–Trinajstić information content (AvgIpc) is 2.84.